The summed E-state index contributed by atoms with van der Waals surface area (Å²) in [4.78, 5) is 56.0. The zero-order valence-corrected chi connectivity index (χ0v) is 35.8. The van der Waals surface area contributed by atoms with Gasteiger partial charge in [0.05, 0.1) is 23.9 Å². The summed E-state index contributed by atoms with van der Waals surface area (Å²) in [5, 5.41) is 6.73. The van der Waals surface area contributed by atoms with E-state index in [-0.39, 0.29) is 68.9 Å². The Hall–Kier alpha value is -1.90. The Morgan fingerprint density at radius 1 is 1.08 bits per heavy atom. The summed E-state index contributed by atoms with van der Waals surface area (Å²) in [5.74, 6) is -3.57. The van der Waals surface area contributed by atoms with Crippen molar-refractivity contribution in [2.75, 3.05) is 21.2 Å². The number of cyclic esters (lactones) is 1. The molecular weight excluding hydrogens is 733 g/mol. The number of fused-ring (bicyclic) bond motifs is 1. The van der Waals surface area contributed by atoms with Crippen molar-refractivity contribution in [2.45, 2.75) is 143 Å². The second-order valence-corrected chi connectivity index (χ2v) is 14.9. The Morgan fingerprint density at radius 2 is 1.73 bits per heavy atom. The Balaban J connectivity index is 0.00000100. The second-order valence-electron chi connectivity index (χ2n) is 14.9. The largest absolute Gasteiger partial charge is 0.480 e. The van der Waals surface area contributed by atoms with Crippen molar-refractivity contribution < 1.29 is 75.6 Å². The molecule has 13 nitrogen and oxygen atoms in total. The van der Waals surface area contributed by atoms with E-state index in [1.807, 2.05) is 51.8 Å². The van der Waals surface area contributed by atoms with Gasteiger partial charge in [0.15, 0.2) is 17.9 Å². The van der Waals surface area contributed by atoms with Gasteiger partial charge in [-0.05, 0) is 67.1 Å². The fraction of sp³-hybridized carbons (Fsp3) is 0.784. The number of carbonyl (C=O) groups is 4. The fourth-order valence-electron chi connectivity index (χ4n) is 7.89. The van der Waals surface area contributed by atoms with E-state index in [0.717, 1.165) is 13.0 Å². The molecule has 1 amide bonds. The van der Waals surface area contributed by atoms with Gasteiger partial charge in [0.1, 0.15) is 11.9 Å². The zero-order chi connectivity index (χ0) is 37.7. The van der Waals surface area contributed by atoms with Crippen molar-refractivity contribution in [2.24, 2.45) is 23.7 Å². The first kappa shape index (κ1) is 45.3. The molecule has 287 valence electrons. The van der Waals surface area contributed by atoms with Gasteiger partial charge >= 0.3 is 6.09 Å². The summed E-state index contributed by atoms with van der Waals surface area (Å²) in [6.07, 6.45) is 1.89. The van der Waals surface area contributed by atoms with Gasteiger partial charge in [-0.2, -0.15) is 12.0 Å². The third-order valence-corrected chi connectivity index (χ3v) is 11.0. The molecule has 0 bridgehead atoms. The normalized spacial score (nSPS) is 38.0. The number of hydrogen-bond acceptors (Lipinski definition) is 11. The van der Waals surface area contributed by atoms with Crippen molar-refractivity contribution in [3.63, 3.8) is 0 Å². The van der Waals surface area contributed by atoms with E-state index in [0.29, 0.717) is 6.42 Å². The molecule has 12 atom stereocenters. The van der Waals surface area contributed by atoms with E-state index < -0.39 is 71.3 Å². The minimum Gasteiger partial charge on any atom is -0.480 e. The minimum atomic E-state index is -1.32. The van der Waals surface area contributed by atoms with Gasteiger partial charge < -0.3 is 38.7 Å². The Morgan fingerprint density at radius 3 is 2.24 bits per heavy atom. The number of alkyl carbamates (subject to hydrolysis) is 1. The van der Waals surface area contributed by atoms with Gasteiger partial charge in [0.2, 0.25) is 0 Å². The number of carbonyl (C=O) groups excluding carboxylic acids is 4. The molecule has 3 aliphatic heterocycles. The van der Waals surface area contributed by atoms with Gasteiger partial charge in [-0.3, -0.25) is 14.3 Å². The first-order valence-electron chi connectivity index (χ1n) is 18.0. The molecule has 1 radical (unpaired) electrons. The van der Waals surface area contributed by atoms with Crippen LogP contribution in [0, 0.1) is 29.6 Å². The summed E-state index contributed by atoms with van der Waals surface area (Å²) in [7, 11) is 5.58. The predicted molar refractivity (Wildman–Crippen MR) is 187 cm³/mol. The van der Waals surface area contributed by atoms with Gasteiger partial charge in [-0.1, -0.05) is 34.6 Å². The molecule has 1 aromatic heterocycles. The van der Waals surface area contributed by atoms with Gasteiger partial charge in [-0.15, -0.1) is 0 Å². The number of amides is 1. The van der Waals surface area contributed by atoms with Crippen LogP contribution in [-0.2, 0) is 77.3 Å². The molecule has 0 saturated carbocycles. The maximum Gasteiger partial charge on any atom is 0.408 e. The maximum atomic E-state index is 14.0. The van der Waals surface area contributed by atoms with Crippen molar-refractivity contribution >= 4 is 23.6 Å². The number of methoxy groups -OCH3 is 1. The Kier molecular flexibility index (Phi) is 16.8. The van der Waals surface area contributed by atoms with Crippen LogP contribution in [0.5, 0.6) is 0 Å². The zero-order valence-electron chi connectivity index (χ0n) is 32.9. The number of Topliss-reactive ketones (excluding diaryl/α,β-unsaturated/α-hetero) is 2. The first-order chi connectivity index (χ1) is 23.3. The van der Waals surface area contributed by atoms with E-state index in [1.54, 1.807) is 33.9 Å². The van der Waals surface area contributed by atoms with Crippen LogP contribution in [0.25, 0.3) is 0 Å². The summed E-state index contributed by atoms with van der Waals surface area (Å²) >= 11 is 0. The molecule has 4 rings (SSSR count). The number of esters is 1. The van der Waals surface area contributed by atoms with Crippen molar-refractivity contribution in [1.82, 2.24) is 20.0 Å². The minimum absolute atomic E-state index is 0. The van der Waals surface area contributed by atoms with Crippen molar-refractivity contribution in [3.05, 3.63) is 24.4 Å². The molecule has 0 aromatic carbocycles. The molecule has 0 spiro atoms. The smallest absolute Gasteiger partial charge is 0.408 e. The number of rotatable bonds is 6. The molecule has 0 aliphatic carbocycles. The summed E-state index contributed by atoms with van der Waals surface area (Å²) in [6.45, 7) is 19.1. The summed E-state index contributed by atoms with van der Waals surface area (Å²) in [6, 6.07) is 1.34. The SMILES string of the molecule is CC[C@H]1OC(=O)[C-](C)C(=O)[C@H](C)[C@@H](O[C@@H]2O[C@H](C)C[C@H](N(C)C)[C@H]2C)[C@](C)(OC)C[C@@H](C)C(=O)[C@H](C)[C@H]2NC(=O)O[C@@]21C.CCn1cccn1.[Y]. The van der Waals surface area contributed by atoms with Crippen LogP contribution in [0.1, 0.15) is 88.5 Å². The standard InChI is InChI=1S/C32H53N2O9.C5H8N2.Y/c1-13-23-32(9)26(33-30(38)43-32)19(5)24(35)16(2)15-31(8,39-12)27(20(6)25(36)21(7)28(37)41-23)42-29-18(4)22(34(10)11)14-17(3)40-29;1-2-7-5-3-4-6-7;/h16-20,22-23,26-27,29H,13-15H2,1-12H3,(H,33,38);3-5H,2H2,1H3;/q-1;;/t16-,17-,18-,19+,20+,22+,23-,26-,27-,29+,31-,32-;;/m1../s1. The first-order valence-corrected chi connectivity index (χ1v) is 18.0. The molecule has 0 unspecified atom stereocenters. The molecule has 3 aliphatic rings. The second kappa shape index (κ2) is 18.9. The summed E-state index contributed by atoms with van der Waals surface area (Å²) < 4.78 is 32.5. The number of hydrogen-bond donors (Lipinski definition) is 1. The Bertz CT molecular complexity index is 1310. The molecule has 3 saturated heterocycles. The molecule has 4 heterocycles. The van der Waals surface area contributed by atoms with Crippen LogP contribution in [0.15, 0.2) is 18.5 Å². The van der Waals surface area contributed by atoms with Crippen LogP contribution in [0.2, 0.25) is 0 Å². The number of ether oxygens (including phenoxy) is 5. The van der Waals surface area contributed by atoms with Crippen molar-refractivity contribution in [3.8, 4) is 0 Å². The third kappa shape index (κ3) is 10.2. The average molecular weight is 795 g/mol. The van der Waals surface area contributed by atoms with Gasteiger partial charge in [0, 0.05) is 94.3 Å². The molecule has 1 N–H and O–H groups in total. The molecular formula is C37H61N4O9Y-. The van der Waals surface area contributed by atoms with Gasteiger partial charge in [-0.25, -0.2) is 10.7 Å². The number of aromatic nitrogens is 2. The van der Waals surface area contributed by atoms with Crippen LogP contribution in [-0.4, -0.2) is 107 Å². The van der Waals surface area contributed by atoms with Gasteiger partial charge in [0.25, 0.3) is 0 Å². The van der Waals surface area contributed by atoms with E-state index in [2.05, 4.69) is 29.2 Å². The molecule has 51 heavy (non-hydrogen) atoms. The number of ketones is 2. The molecule has 14 heteroatoms. The maximum absolute atomic E-state index is 14.0. The molecule has 3 fully saturated rings. The quantitative estimate of drug-likeness (QED) is 0.318. The monoisotopic (exact) mass is 794 g/mol. The van der Waals surface area contributed by atoms with Crippen LogP contribution >= 0.6 is 0 Å². The van der Waals surface area contributed by atoms with Crippen LogP contribution in [0.4, 0.5) is 4.79 Å². The van der Waals surface area contributed by atoms with Crippen molar-refractivity contribution in [1.29, 1.82) is 0 Å². The van der Waals surface area contributed by atoms with Crippen LogP contribution < -0.4 is 5.32 Å². The molecule has 1 aromatic rings. The van der Waals surface area contributed by atoms with E-state index in [9.17, 15) is 19.2 Å². The average Bonchev–Trinajstić information content (AvgIpc) is 3.72. The van der Waals surface area contributed by atoms with Crippen LogP contribution in [0.3, 0.4) is 0 Å². The van der Waals surface area contributed by atoms with E-state index >= 15 is 0 Å². The van der Waals surface area contributed by atoms with E-state index in [1.165, 1.54) is 14.0 Å². The fourth-order valence-corrected chi connectivity index (χ4v) is 7.89. The predicted octanol–water partition coefficient (Wildman–Crippen LogP) is 4.61. The van der Waals surface area contributed by atoms with E-state index in [4.69, 9.17) is 23.7 Å². The summed E-state index contributed by atoms with van der Waals surface area (Å²) in [5.41, 5.74) is -2.44. The third-order valence-electron chi connectivity index (χ3n) is 11.0. The number of nitrogens with one attached hydrogen (secondary N) is 1. The Labute approximate surface area is 329 Å². The number of aryl methyl sites for hydroxylation is 1. The topological polar surface area (TPSA) is 148 Å². The number of nitrogens with zero attached hydrogens (tertiary/aromatic N) is 3.